The van der Waals surface area contributed by atoms with Gasteiger partial charge in [-0.25, -0.2) is 0 Å². The third-order valence-electron chi connectivity index (χ3n) is 0.916. The van der Waals surface area contributed by atoms with E-state index in [2.05, 4.69) is 40.6 Å². The zero-order valence-electron chi connectivity index (χ0n) is 9.20. The molecule has 0 radical (unpaired) electrons. The van der Waals surface area contributed by atoms with E-state index in [1.54, 1.807) is 0 Å². The van der Waals surface area contributed by atoms with Gasteiger partial charge in [-0.1, -0.05) is 13.2 Å². The van der Waals surface area contributed by atoms with Crippen LogP contribution in [0.25, 0.3) is 0 Å². The summed E-state index contributed by atoms with van der Waals surface area (Å²) in [5.41, 5.74) is 14.1. The Labute approximate surface area is 108 Å². The number of carboxylic acid groups (broad SMARTS) is 1. The second-order valence-corrected chi connectivity index (χ2v) is 3.11. The Morgan fingerprint density at radius 1 is 1.18 bits per heavy atom. The molecule has 0 saturated heterocycles. The number of carboxylic acids is 1. The summed E-state index contributed by atoms with van der Waals surface area (Å²) in [6.45, 7) is 6.17. The van der Waals surface area contributed by atoms with Gasteiger partial charge in [0.1, 0.15) is 0 Å². The first-order chi connectivity index (χ1) is 7.72. The Balaban J connectivity index is -0.000000177. The molecule has 0 aromatic rings. The number of amides is 2. The fraction of sp³-hybridized carbons (Fsp3) is 0.222. The fourth-order valence-electron chi connectivity index (χ4n) is 0.0781. The van der Waals surface area contributed by atoms with E-state index in [-0.39, 0.29) is 0 Å². The SMILES string of the molecule is C=CC(N)=O.C=CC(N)=O.NC(C[SeH])C(=O)O. The minimum absolute atomic E-state index is 0.433. The van der Waals surface area contributed by atoms with Crippen LogP contribution in [-0.4, -0.2) is 44.9 Å². The molecule has 0 aromatic heterocycles. The Hall–Kier alpha value is -1.63. The molecular formula is C9H17N3O4Se. The van der Waals surface area contributed by atoms with Crippen molar-refractivity contribution in [3.05, 3.63) is 25.3 Å². The van der Waals surface area contributed by atoms with E-state index >= 15 is 0 Å². The molecule has 8 heteroatoms. The van der Waals surface area contributed by atoms with Gasteiger partial charge in [-0.05, 0) is 12.2 Å². The number of nitrogens with two attached hydrogens (primary N) is 3. The van der Waals surface area contributed by atoms with E-state index in [9.17, 15) is 14.4 Å². The van der Waals surface area contributed by atoms with Gasteiger partial charge >= 0.3 is 49.0 Å². The summed E-state index contributed by atoms with van der Waals surface area (Å²) in [6.07, 6.45) is 2.11. The molecule has 0 rings (SSSR count). The maximum absolute atomic E-state index is 9.80. The second-order valence-electron chi connectivity index (χ2n) is 2.34. The van der Waals surface area contributed by atoms with Crippen molar-refractivity contribution in [3.8, 4) is 0 Å². The molecule has 7 nitrogen and oxygen atoms in total. The van der Waals surface area contributed by atoms with Crippen molar-refractivity contribution in [1.82, 2.24) is 0 Å². The van der Waals surface area contributed by atoms with E-state index in [0.29, 0.717) is 5.32 Å². The normalized spacial score (nSPS) is 9.29. The van der Waals surface area contributed by atoms with Crippen molar-refractivity contribution in [1.29, 1.82) is 0 Å². The summed E-state index contributed by atoms with van der Waals surface area (Å²) in [5.74, 6) is -1.91. The first kappa shape index (κ1) is 20.7. The summed E-state index contributed by atoms with van der Waals surface area (Å²) < 4.78 is 0. The average Bonchev–Trinajstić information content (AvgIpc) is 2.29. The molecule has 1 unspecified atom stereocenters. The molecule has 0 aliphatic rings. The van der Waals surface area contributed by atoms with Crippen LogP contribution in [0.4, 0.5) is 0 Å². The van der Waals surface area contributed by atoms with Crippen LogP contribution in [0.5, 0.6) is 0 Å². The molecule has 7 N–H and O–H groups in total. The van der Waals surface area contributed by atoms with Crippen molar-refractivity contribution in [2.75, 3.05) is 0 Å². The fourth-order valence-corrected chi connectivity index (χ4v) is 0.406. The predicted octanol–water partition coefficient (Wildman–Crippen LogP) is -1.97. The first-order valence-corrected chi connectivity index (χ1v) is 5.48. The van der Waals surface area contributed by atoms with Crippen LogP contribution in [-0.2, 0) is 14.4 Å². The maximum atomic E-state index is 9.80. The van der Waals surface area contributed by atoms with Gasteiger partial charge in [0.15, 0.2) is 0 Å². The molecule has 0 aromatic carbocycles. The summed E-state index contributed by atoms with van der Waals surface area (Å²) in [7, 11) is 0. The summed E-state index contributed by atoms with van der Waals surface area (Å²) in [5, 5.41) is 8.48. The zero-order valence-corrected chi connectivity index (χ0v) is 11.1. The molecule has 17 heavy (non-hydrogen) atoms. The van der Waals surface area contributed by atoms with Crippen LogP contribution in [0.2, 0.25) is 5.32 Å². The van der Waals surface area contributed by atoms with Crippen LogP contribution in [0.1, 0.15) is 0 Å². The van der Waals surface area contributed by atoms with E-state index in [1.807, 2.05) is 0 Å². The van der Waals surface area contributed by atoms with Crippen LogP contribution in [0, 0.1) is 0 Å². The second kappa shape index (κ2) is 14.4. The molecule has 2 amide bonds. The number of carbonyl (C=O) groups is 3. The van der Waals surface area contributed by atoms with Gasteiger partial charge in [-0.15, -0.1) is 0 Å². The molecule has 0 aliphatic heterocycles. The van der Waals surface area contributed by atoms with Gasteiger partial charge in [-0.3, -0.25) is 9.59 Å². The van der Waals surface area contributed by atoms with Gasteiger partial charge in [0.25, 0.3) is 0 Å². The van der Waals surface area contributed by atoms with Crippen LogP contribution >= 0.6 is 0 Å². The van der Waals surface area contributed by atoms with Crippen molar-refractivity contribution in [2.45, 2.75) is 11.4 Å². The Bertz CT molecular complexity index is 263. The van der Waals surface area contributed by atoms with Gasteiger partial charge < -0.3 is 11.5 Å². The number of carbonyl (C=O) groups excluding carboxylic acids is 2. The first-order valence-electron chi connectivity index (χ1n) is 4.15. The Morgan fingerprint density at radius 3 is 1.41 bits per heavy atom. The van der Waals surface area contributed by atoms with Crippen molar-refractivity contribution in [3.63, 3.8) is 0 Å². The minimum atomic E-state index is -0.944. The monoisotopic (exact) mass is 311 g/mol. The van der Waals surface area contributed by atoms with Gasteiger partial charge in [-0.2, -0.15) is 0 Å². The summed E-state index contributed by atoms with van der Waals surface area (Å²) in [6, 6.07) is -0.708. The topological polar surface area (TPSA) is 150 Å². The Kier molecular flexibility index (Phi) is 17.5. The molecule has 0 spiro atoms. The standard InChI is InChI=1S/C3H7NO2Se.2C3H5NO/c4-2(1-7)3(5)6;2*1-2-3(4)5/h2,7H,1,4H2,(H,5,6);2*2H,1H2,(H2,4,5). The molecule has 98 valence electrons. The molecule has 1 atom stereocenters. The van der Waals surface area contributed by atoms with Crippen LogP contribution in [0.15, 0.2) is 25.3 Å². The molecule has 0 bridgehead atoms. The molecule has 0 aliphatic carbocycles. The molecule has 0 saturated carbocycles. The number of primary amides is 2. The van der Waals surface area contributed by atoms with E-state index in [1.165, 1.54) is 0 Å². The van der Waals surface area contributed by atoms with Crippen molar-refractivity contribution >= 4 is 33.8 Å². The predicted molar refractivity (Wildman–Crippen MR) is 66.4 cm³/mol. The quantitative estimate of drug-likeness (QED) is 0.351. The Morgan fingerprint density at radius 2 is 1.41 bits per heavy atom. The summed E-state index contributed by atoms with van der Waals surface area (Å²) in [4.78, 5) is 28.7. The number of aliphatic carboxylic acids is 1. The number of rotatable bonds is 4. The van der Waals surface area contributed by atoms with Gasteiger partial charge in [0.2, 0.25) is 11.8 Å². The van der Waals surface area contributed by atoms with E-state index < -0.39 is 23.8 Å². The van der Waals surface area contributed by atoms with E-state index in [0.717, 1.165) is 12.2 Å². The van der Waals surface area contributed by atoms with Gasteiger partial charge in [0.05, 0.1) is 0 Å². The average molecular weight is 310 g/mol. The van der Waals surface area contributed by atoms with Crippen LogP contribution in [0.3, 0.4) is 0 Å². The zero-order chi connectivity index (χ0) is 14.4. The molecule has 0 fully saturated rings. The summed E-state index contributed by atoms with van der Waals surface area (Å²) >= 11 is 2.13. The van der Waals surface area contributed by atoms with Gasteiger partial charge in [0, 0.05) is 0 Å². The third kappa shape index (κ3) is 31.4. The molecular weight excluding hydrogens is 293 g/mol. The van der Waals surface area contributed by atoms with Crippen LogP contribution < -0.4 is 17.2 Å². The van der Waals surface area contributed by atoms with Crippen molar-refractivity contribution in [2.24, 2.45) is 17.2 Å². The third-order valence-corrected chi connectivity index (χ3v) is 1.74. The number of hydrogen-bond acceptors (Lipinski definition) is 4. The van der Waals surface area contributed by atoms with E-state index in [4.69, 9.17) is 10.8 Å². The van der Waals surface area contributed by atoms with Crippen molar-refractivity contribution < 1.29 is 19.5 Å². The molecule has 0 heterocycles. The number of hydrogen-bond donors (Lipinski definition) is 4.